The van der Waals surface area contributed by atoms with Crippen molar-refractivity contribution in [1.82, 2.24) is 14.5 Å². The Hall–Kier alpha value is -1.64. The molecule has 0 aliphatic carbocycles. The molecule has 5 nitrogen and oxygen atoms in total. The topological polar surface area (TPSA) is 55.2 Å². The Bertz CT molecular complexity index is 983. The molecule has 130 valence electrons. The summed E-state index contributed by atoms with van der Waals surface area (Å²) >= 11 is 6.21. The summed E-state index contributed by atoms with van der Waals surface area (Å²) in [5.41, 5.74) is 0.969. The minimum Gasteiger partial charge on any atom is -0.341 e. The molecule has 25 heavy (non-hydrogen) atoms. The first-order chi connectivity index (χ1) is 12.0. The van der Waals surface area contributed by atoms with Crippen molar-refractivity contribution in [2.24, 2.45) is 7.05 Å². The molecule has 0 aliphatic rings. The van der Waals surface area contributed by atoms with E-state index >= 15 is 0 Å². The molecule has 8 heteroatoms. The number of carbonyl (C=O) groups is 1. The molecule has 0 saturated heterocycles. The van der Waals surface area contributed by atoms with E-state index in [2.05, 4.69) is 20.9 Å². The zero-order valence-corrected chi connectivity index (χ0v) is 16.9. The zero-order chi connectivity index (χ0) is 18.0. The molecule has 0 radical (unpaired) electrons. The molecule has 0 unspecified atom stereocenters. The standard InChI is InChI=1S/C17H16BrN3O2S2/c1-20(9-11-5-3-4-6-13(11)18)14(22)10-25-17-19-15-12(7-8-24-15)16(23)21(17)2/h3-8H,9-10H2,1-2H3. The maximum absolute atomic E-state index is 12.4. The fraction of sp³-hybridized carbons (Fsp3) is 0.235. The molecule has 0 aliphatic heterocycles. The van der Waals surface area contributed by atoms with Crippen LogP contribution in [0.3, 0.4) is 0 Å². The van der Waals surface area contributed by atoms with Crippen LogP contribution in [-0.4, -0.2) is 33.2 Å². The van der Waals surface area contributed by atoms with E-state index in [4.69, 9.17) is 0 Å². The molecule has 0 bridgehead atoms. The first-order valence-electron chi connectivity index (χ1n) is 7.52. The smallest absolute Gasteiger partial charge is 0.262 e. The van der Waals surface area contributed by atoms with Crippen molar-refractivity contribution in [2.75, 3.05) is 12.8 Å². The van der Waals surface area contributed by atoms with Gasteiger partial charge in [-0.3, -0.25) is 14.2 Å². The lowest BCUT2D eigenvalue weighted by Crippen LogP contribution is -2.28. The van der Waals surface area contributed by atoms with Crippen molar-refractivity contribution in [3.8, 4) is 0 Å². The zero-order valence-electron chi connectivity index (χ0n) is 13.7. The van der Waals surface area contributed by atoms with Crippen molar-refractivity contribution in [1.29, 1.82) is 0 Å². The average Bonchev–Trinajstić information content (AvgIpc) is 3.07. The first-order valence-corrected chi connectivity index (χ1v) is 10.2. The molecule has 0 fully saturated rings. The Balaban J connectivity index is 1.69. The van der Waals surface area contributed by atoms with Crippen molar-refractivity contribution < 1.29 is 4.79 Å². The van der Waals surface area contributed by atoms with Gasteiger partial charge in [0.1, 0.15) is 4.83 Å². The molecule has 0 saturated carbocycles. The van der Waals surface area contributed by atoms with Crippen LogP contribution in [0.15, 0.2) is 50.1 Å². The summed E-state index contributed by atoms with van der Waals surface area (Å²) in [5.74, 6) is 0.222. The lowest BCUT2D eigenvalue weighted by Gasteiger charge is -2.18. The molecule has 1 aromatic carbocycles. The van der Waals surface area contributed by atoms with Gasteiger partial charge in [-0.1, -0.05) is 45.9 Å². The number of benzene rings is 1. The predicted octanol–water partition coefficient (Wildman–Crippen LogP) is 3.51. The number of amides is 1. The van der Waals surface area contributed by atoms with Crippen molar-refractivity contribution >= 4 is 55.2 Å². The number of fused-ring (bicyclic) bond motifs is 1. The molecule has 0 spiro atoms. The van der Waals surface area contributed by atoms with E-state index in [1.165, 1.54) is 27.7 Å². The van der Waals surface area contributed by atoms with Gasteiger partial charge < -0.3 is 4.90 Å². The maximum atomic E-state index is 12.4. The maximum Gasteiger partial charge on any atom is 0.262 e. The van der Waals surface area contributed by atoms with Gasteiger partial charge in [-0.2, -0.15) is 0 Å². The minimum absolute atomic E-state index is 0.0127. The summed E-state index contributed by atoms with van der Waals surface area (Å²) in [4.78, 5) is 31.6. The van der Waals surface area contributed by atoms with E-state index in [0.717, 1.165) is 10.0 Å². The van der Waals surface area contributed by atoms with E-state index in [9.17, 15) is 9.59 Å². The van der Waals surface area contributed by atoms with Gasteiger partial charge in [0, 0.05) is 25.1 Å². The van der Waals surface area contributed by atoms with E-state index in [1.54, 1.807) is 25.1 Å². The molecule has 0 atom stereocenters. The second-order valence-corrected chi connectivity index (χ2v) is 8.22. The van der Waals surface area contributed by atoms with Crippen LogP contribution < -0.4 is 5.56 Å². The normalized spacial score (nSPS) is 11.0. The van der Waals surface area contributed by atoms with Gasteiger partial charge in [0.15, 0.2) is 5.16 Å². The number of thiophene rings is 1. The Labute approximate surface area is 161 Å². The minimum atomic E-state index is -0.0808. The highest BCUT2D eigenvalue weighted by atomic mass is 79.9. The summed E-state index contributed by atoms with van der Waals surface area (Å²) in [7, 11) is 3.46. The quantitative estimate of drug-likeness (QED) is 0.452. The highest BCUT2D eigenvalue weighted by molar-refractivity contribution is 9.10. The van der Waals surface area contributed by atoms with Crippen LogP contribution in [0, 0.1) is 0 Å². The van der Waals surface area contributed by atoms with Crippen LogP contribution in [0.1, 0.15) is 5.56 Å². The molecule has 1 amide bonds. The van der Waals surface area contributed by atoms with Crippen LogP contribution in [-0.2, 0) is 18.4 Å². The van der Waals surface area contributed by atoms with Crippen molar-refractivity contribution in [3.63, 3.8) is 0 Å². The van der Waals surface area contributed by atoms with E-state index in [0.29, 0.717) is 21.9 Å². The summed E-state index contributed by atoms with van der Waals surface area (Å²) in [6.07, 6.45) is 0. The van der Waals surface area contributed by atoms with Crippen molar-refractivity contribution in [2.45, 2.75) is 11.7 Å². The largest absolute Gasteiger partial charge is 0.341 e. The predicted molar refractivity (Wildman–Crippen MR) is 106 cm³/mol. The number of nitrogens with zero attached hydrogens (tertiary/aromatic N) is 3. The van der Waals surface area contributed by atoms with Gasteiger partial charge in [0.05, 0.1) is 11.1 Å². The third kappa shape index (κ3) is 3.96. The number of hydrogen-bond donors (Lipinski definition) is 0. The monoisotopic (exact) mass is 437 g/mol. The van der Waals surface area contributed by atoms with E-state index in [-0.39, 0.29) is 17.2 Å². The van der Waals surface area contributed by atoms with Gasteiger partial charge in [0.2, 0.25) is 5.91 Å². The van der Waals surface area contributed by atoms with Crippen LogP contribution in [0.25, 0.3) is 10.2 Å². The second-order valence-electron chi connectivity index (χ2n) is 5.53. The Morgan fingerprint density at radius 2 is 2.12 bits per heavy atom. The lowest BCUT2D eigenvalue weighted by molar-refractivity contribution is -0.127. The van der Waals surface area contributed by atoms with Crippen LogP contribution in [0.2, 0.25) is 0 Å². The molecular weight excluding hydrogens is 422 g/mol. The number of thioether (sulfide) groups is 1. The SMILES string of the molecule is CN(Cc1ccccc1Br)C(=O)CSc1nc2sccc2c(=O)n1C. The van der Waals surface area contributed by atoms with Crippen molar-refractivity contribution in [3.05, 3.63) is 56.1 Å². The summed E-state index contributed by atoms with van der Waals surface area (Å²) in [6, 6.07) is 9.61. The van der Waals surface area contributed by atoms with Gasteiger partial charge in [-0.15, -0.1) is 11.3 Å². The number of halogens is 1. The highest BCUT2D eigenvalue weighted by Crippen LogP contribution is 2.21. The fourth-order valence-corrected chi connectivity index (χ4v) is 4.44. The van der Waals surface area contributed by atoms with Crippen LogP contribution >= 0.6 is 39.0 Å². The van der Waals surface area contributed by atoms with Gasteiger partial charge in [-0.25, -0.2) is 4.98 Å². The lowest BCUT2D eigenvalue weighted by atomic mass is 10.2. The Morgan fingerprint density at radius 3 is 2.88 bits per heavy atom. The molecule has 2 aromatic heterocycles. The Morgan fingerprint density at radius 1 is 1.36 bits per heavy atom. The molecule has 3 rings (SSSR count). The molecule has 0 N–H and O–H groups in total. The van der Waals surface area contributed by atoms with Gasteiger partial charge in [0.25, 0.3) is 5.56 Å². The number of hydrogen-bond acceptors (Lipinski definition) is 5. The highest BCUT2D eigenvalue weighted by Gasteiger charge is 2.15. The Kier molecular flexibility index (Phi) is 5.61. The summed E-state index contributed by atoms with van der Waals surface area (Å²) in [6.45, 7) is 0.525. The van der Waals surface area contributed by atoms with Gasteiger partial charge in [-0.05, 0) is 23.1 Å². The third-order valence-corrected chi connectivity index (χ3v) is 6.37. The van der Waals surface area contributed by atoms with E-state index in [1.807, 2.05) is 29.6 Å². The van der Waals surface area contributed by atoms with Crippen LogP contribution in [0.4, 0.5) is 0 Å². The summed E-state index contributed by atoms with van der Waals surface area (Å²) in [5, 5.41) is 3.03. The third-order valence-electron chi connectivity index (χ3n) is 3.78. The number of carbonyl (C=O) groups excluding carboxylic acids is 1. The molecule has 3 aromatic rings. The number of rotatable bonds is 5. The fourth-order valence-electron chi connectivity index (χ4n) is 2.32. The molecular formula is C17H16BrN3O2S2. The average molecular weight is 438 g/mol. The van der Waals surface area contributed by atoms with Crippen LogP contribution in [0.5, 0.6) is 0 Å². The summed E-state index contributed by atoms with van der Waals surface area (Å²) < 4.78 is 2.48. The first kappa shape index (κ1) is 18.2. The van der Waals surface area contributed by atoms with E-state index < -0.39 is 0 Å². The number of aromatic nitrogens is 2. The van der Waals surface area contributed by atoms with Gasteiger partial charge >= 0.3 is 0 Å². The second kappa shape index (κ2) is 7.72. The molecule has 2 heterocycles.